The lowest BCUT2D eigenvalue weighted by atomic mass is 9.93. The first kappa shape index (κ1) is 20.8. The van der Waals surface area contributed by atoms with Crippen molar-refractivity contribution < 1.29 is 18.4 Å². The standard InChI is InChI=1S/C23H19ClFN3O3/c1-13-20-18(27-28-22(29)16-8-2-3-9-17(16)25)10-5-11-19(20)31-21(13)23(30)26-15-7-4-6-14(24)12-15/h2-4,6-9,12H,5,10-11H2,1H3,(H,26,30)(H,28,29)/b27-18+. The number of nitrogens with zero attached hydrogens (tertiary/aromatic N) is 1. The van der Waals surface area contributed by atoms with E-state index in [1.807, 2.05) is 0 Å². The zero-order valence-corrected chi connectivity index (χ0v) is 17.4. The topological polar surface area (TPSA) is 83.7 Å². The maximum Gasteiger partial charge on any atom is 0.291 e. The fourth-order valence-corrected chi connectivity index (χ4v) is 3.76. The summed E-state index contributed by atoms with van der Waals surface area (Å²) in [4.78, 5) is 25.1. The molecule has 0 fully saturated rings. The lowest BCUT2D eigenvalue weighted by molar-refractivity contribution is 0.0949. The molecule has 1 heterocycles. The van der Waals surface area contributed by atoms with E-state index in [1.165, 1.54) is 18.2 Å². The summed E-state index contributed by atoms with van der Waals surface area (Å²) in [5.41, 5.74) is 4.81. The molecule has 1 aromatic heterocycles. The number of fused-ring (bicyclic) bond motifs is 1. The van der Waals surface area contributed by atoms with E-state index in [4.69, 9.17) is 16.0 Å². The van der Waals surface area contributed by atoms with Crippen LogP contribution in [0.2, 0.25) is 5.02 Å². The number of furan rings is 1. The molecule has 0 atom stereocenters. The Labute approximate surface area is 183 Å². The molecule has 6 nitrogen and oxygen atoms in total. The number of aryl methyl sites for hydroxylation is 1. The maximum atomic E-state index is 13.8. The maximum absolute atomic E-state index is 13.8. The minimum absolute atomic E-state index is 0.0895. The first-order valence-corrected chi connectivity index (χ1v) is 10.1. The second-order valence-corrected chi connectivity index (χ2v) is 7.59. The van der Waals surface area contributed by atoms with Gasteiger partial charge in [-0.3, -0.25) is 9.59 Å². The molecule has 158 valence electrons. The van der Waals surface area contributed by atoms with Crippen molar-refractivity contribution in [2.24, 2.45) is 5.10 Å². The molecule has 0 unspecified atom stereocenters. The summed E-state index contributed by atoms with van der Waals surface area (Å²) in [6, 6.07) is 12.5. The molecule has 1 aliphatic carbocycles. The number of anilines is 1. The number of rotatable bonds is 4. The van der Waals surface area contributed by atoms with Crippen LogP contribution < -0.4 is 10.7 Å². The highest BCUT2D eigenvalue weighted by molar-refractivity contribution is 6.31. The third-order valence-corrected chi connectivity index (χ3v) is 5.26. The first-order valence-electron chi connectivity index (χ1n) is 9.75. The Morgan fingerprint density at radius 2 is 1.90 bits per heavy atom. The van der Waals surface area contributed by atoms with Crippen LogP contribution in [-0.2, 0) is 6.42 Å². The van der Waals surface area contributed by atoms with Gasteiger partial charge in [0.2, 0.25) is 0 Å². The van der Waals surface area contributed by atoms with Crippen LogP contribution in [0.4, 0.5) is 10.1 Å². The number of amides is 2. The Morgan fingerprint density at radius 1 is 1.10 bits per heavy atom. The van der Waals surface area contributed by atoms with E-state index in [2.05, 4.69) is 15.8 Å². The van der Waals surface area contributed by atoms with E-state index in [1.54, 1.807) is 37.3 Å². The molecule has 3 aromatic rings. The fraction of sp³-hybridized carbons (Fsp3) is 0.174. The van der Waals surface area contributed by atoms with Crippen molar-refractivity contribution in [2.45, 2.75) is 26.2 Å². The van der Waals surface area contributed by atoms with Gasteiger partial charge in [-0.15, -0.1) is 0 Å². The SMILES string of the molecule is Cc1c(C(=O)Nc2cccc(Cl)c2)oc2c1/C(=N/NC(=O)c1ccccc1F)CCC2. The Bertz CT molecular complexity index is 1200. The Hall–Kier alpha value is -3.45. The van der Waals surface area contributed by atoms with Crippen LogP contribution in [0.3, 0.4) is 0 Å². The summed E-state index contributed by atoms with van der Waals surface area (Å²) in [6.07, 6.45) is 2.00. The van der Waals surface area contributed by atoms with Gasteiger partial charge in [-0.25, -0.2) is 9.82 Å². The number of carbonyl (C=O) groups is 2. The molecule has 0 saturated carbocycles. The molecule has 31 heavy (non-hydrogen) atoms. The molecule has 0 aliphatic heterocycles. The van der Waals surface area contributed by atoms with Gasteiger partial charge in [0.05, 0.1) is 11.3 Å². The summed E-state index contributed by atoms with van der Waals surface area (Å²) in [5, 5.41) is 7.49. The third-order valence-electron chi connectivity index (χ3n) is 5.03. The number of hydrogen-bond acceptors (Lipinski definition) is 4. The predicted octanol–water partition coefficient (Wildman–Crippen LogP) is 5.10. The number of halogens is 2. The highest BCUT2D eigenvalue weighted by atomic mass is 35.5. The number of hydrogen-bond donors (Lipinski definition) is 2. The zero-order chi connectivity index (χ0) is 22.0. The van der Waals surface area contributed by atoms with E-state index in [0.717, 1.165) is 6.42 Å². The molecular weight excluding hydrogens is 421 g/mol. The molecule has 2 N–H and O–H groups in total. The molecule has 1 aliphatic rings. The van der Waals surface area contributed by atoms with Crippen molar-refractivity contribution in [1.82, 2.24) is 5.43 Å². The lowest BCUT2D eigenvalue weighted by Gasteiger charge is -2.13. The van der Waals surface area contributed by atoms with E-state index in [9.17, 15) is 14.0 Å². The van der Waals surface area contributed by atoms with Gasteiger partial charge in [0.25, 0.3) is 11.8 Å². The molecule has 0 spiro atoms. The molecule has 2 aromatic carbocycles. The minimum Gasteiger partial charge on any atom is -0.455 e. The zero-order valence-electron chi connectivity index (χ0n) is 16.7. The molecule has 2 amide bonds. The van der Waals surface area contributed by atoms with Crippen LogP contribution >= 0.6 is 11.6 Å². The van der Waals surface area contributed by atoms with Crippen LogP contribution in [0.1, 0.15) is 50.6 Å². The largest absolute Gasteiger partial charge is 0.455 e. The Balaban J connectivity index is 1.58. The van der Waals surface area contributed by atoms with Gasteiger partial charge in [-0.2, -0.15) is 5.10 Å². The Morgan fingerprint density at radius 3 is 2.68 bits per heavy atom. The van der Waals surface area contributed by atoms with Gasteiger partial charge in [-0.05, 0) is 50.1 Å². The van der Waals surface area contributed by atoms with E-state index in [-0.39, 0.29) is 11.3 Å². The van der Waals surface area contributed by atoms with Gasteiger partial charge in [0, 0.05) is 28.3 Å². The molecule has 4 rings (SSSR count). The normalized spacial score (nSPS) is 14.2. The summed E-state index contributed by atoms with van der Waals surface area (Å²) < 4.78 is 19.7. The highest BCUT2D eigenvalue weighted by Gasteiger charge is 2.28. The third kappa shape index (κ3) is 4.36. The van der Waals surface area contributed by atoms with Crippen LogP contribution in [0, 0.1) is 12.7 Å². The number of hydrazone groups is 1. The van der Waals surface area contributed by atoms with Crippen molar-refractivity contribution in [1.29, 1.82) is 0 Å². The van der Waals surface area contributed by atoms with Gasteiger partial charge in [0.1, 0.15) is 11.6 Å². The van der Waals surface area contributed by atoms with E-state index >= 15 is 0 Å². The van der Waals surface area contributed by atoms with Crippen LogP contribution in [-0.4, -0.2) is 17.5 Å². The molecule has 8 heteroatoms. The predicted molar refractivity (Wildman–Crippen MR) is 116 cm³/mol. The van der Waals surface area contributed by atoms with Crippen LogP contribution in [0.25, 0.3) is 0 Å². The van der Waals surface area contributed by atoms with Crippen LogP contribution in [0.5, 0.6) is 0 Å². The fourth-order valence-electron chi connectivity index (χ4n) is 3.57. The monoisotopic (exact) mass is 439 g/mol. The molecule has 0 saturated heterocycles. The second kappa shape index (κ2) is 8.73. The second-order valence-electron chi connectivity index (χ2n) is 7.15. The van der Waals surface area contributed by atoms with E-state index in [0.29, 0.717) is 46.2 Å². The van der Waals surface area contributed by atoms with Crippen LogP contribution in [0.15, 0.2) is 58.0 Å². The summed E-state index contributed by atoms with van der Waals surface area (Å²) in [7, 11) is 0. The molecule has 0 radical (unpaired) electrons. The Kier molecular flexibility index (Phi) is 5.86. The van der Waals surface area contributed by atoms with Gasteiger partial charge >= 0.3 is 0 Å². The lowest BCUT2D eigenvalue weighted by Crippen LogP contribution is -2.23. The van der Waals surface area contributed by atoms with Gasteiger partial charge in [-0.1, -0.05) is 29.8 Å². The number of nitrogens with one attached hydrogen (secondary N) is 2. The van der Waals surface area contributed by atoms with Crippen molar-refractivity contribution in [3.8, 4) is 0 Å². The average Bonchev–Trinajstić information content (AvgIpc) is 3.10. The molecular formula is C23H19ClFN3O3. The summed E-state index contributed by atoms with van der Waals surface area (Å²) >= 11 is 5.97. The summed E-state index contributed by atoms with van der Waals surface area (Å²) in [5.74, 6) is -0.843. The first-order chi connectivity index (χ1) is 14.9. The number of benzene rings is 2. The molecule has 0 bridgehead atoms. The quantitative estimate of drug-likeness (QED) is 0.554. The highest BCUT2D eigenvalue weighted by Crippen LogP contribution is 2.30. The van der Waals surface area contributed by atoms with Crippen molar-refractivity contribution in [2.75, 3.05) is 5.32 Å². The van der Waals surface area contributed by atoms with Crippen molar-refractivity contribution in [3.63, 3.8) is 0 Å². The number of carbonyl (C=O) groups excluding carboxylic acids is 2. The minimum atomic E-state index is -0.641. The van der Waals surface area contributed by atoms with Gasteiger partial charge in [0.15, 0.2) is 5.76 Å². The average molecular weight is 440 g/mol. The van der Waals surface area contributed by atoms with E-state index < -0.39 is 17.6 Å². The smallest absolute Gasteiger partial charge is 0.291 e. The van der Waals surface area contributed by atoms with Gasteiger partial charge < -0.3 is 9.73 Å². The van der Waals surface area contributed by atoms with Crippen molar-refractivity contribution >= 4 is 34.8 Å². The summed E-state index contributed by atoms with van der Waals surface area (Å²) in [6.45, 7) is 1.77. The van der Waals surface area contributed by atoms with Crippen molar-refractivity contribution in [3.05, 3.63) is 87.6 Å².